The molecule has 1 amide bonds. The number of aromatic hydroxyl groups is 1. The van der Waals surface area contributed by atoms with Crippen LogP contribution in [0.15, 0.2) is 72.3 Å². The number of ether oxygens (including phenoxy) is 1. The van der Waals surface area contributed by atoms with Gasteiger partial charge in [-0.15, -0.1) is 0 Å². The van der Waals surface area contributed by atoms with Crippen molar-refractivity contribution in [2.75, 3.05) is 5.32 Å². The van der Waals surface area contributed by atoms with Crippen LogP contribution in [0.5, 0.6) is 11.5 Å². The van der Waals surface area contributed by atoms with Crippen molar-refractivity contribution >= 4 is 17.7 Å². The molecule has 0 atom stereocenters. The summed E-state index contributed by atoms with van der Waals surface area (Å²) in [7, 11) is 0. The number of hydrogen-bond acceptors (Lipinski definition) is 4. The van der Waals surface area contributed by atoms with Crippen molar-refractivity contribution in [3.63, 3.8) is 0 Å². The van der Waals surface area contributed by atoms with Crippen molar-refractivity contribution in [2.24, 2.45) is 0 Å². The maximum Gasteiger partial charge on any atom is 0.266 e. The fraction of sp³-hybridized carbons (Fsp3) is 0.120. The number of benzene rings is 3. The van der Waals surface area contributed by atoms with E-state index in [4.69, 9.17) is 4.74 Å². The van der Waals surface area contributed by atoms with Crippen molar-refractivity contribution in [1.29, 1.82) is 5.26 Å². The van der Waals surface area contributed by atoms with Crippen LogP contribution in [0, 0.1) is 25.2 Å². The molecule has 0 aliphatic rings. The van der Waals surface area contributed by atoms with E-state index < -0.39 is 5.91 Å². The van der Waals surface area contributed by atoms with E-state index in [-0.39, 0.29) is 11.3 Å². The van der Waals surface area contributed by atoms with E-state index in [1.807, 2.05) is 12.1 Å². The van der Waals surface area contributed by atoms with E-state index in [2.05, 4.69) is 31.3 Å². The van der Waals surface area contributed by atoms with E-state index in [1.165, 1.54) is 29.3 Å². The molecule has 5 heteroatoms. The smallest absolute Gasteiger partial charge is 0.266 e. The molecule has 150 valence electrons. The van der Waals surface area contributed by atoms with Gasteiger partial charge < -0.3 is 15.2 Å². The maximum atomic E-state index is 12.3. The molecular formula is C25H22N2O3. The monoisotopic (exact) mass is 398 g/mol. The summed E-state index contributed by atoms with van der Waals surface area (Å²) in [6, 6.07) is 21.4. The number of nitriles is 1. The van der Waals surface area contributed by atoms with E-state index in [1.54, 1.807) is 36.4 Å². The standard InChI is InChI=1S/C25H22N2O3/c1-17-3-4-20(13-18(17)2)16-30-24-11-5-19(6-12-24)14-21(15-26)25(29)27-22-7-9-23(28)10-8-22/h3-14,28H,16H2,1-2H3,(H,27,29)/b21-14+. The number of amides is 1. The number of carbonyl (C=O) groups excluding carboxylic acids is 1. The molecule has 0 spiro atoms. The van der Waals surface area contributed by atoms with Crippen LogP contribution in [0.2, 0.25) is 0 Å². The van der Waals surface area contributed by atoms with Crippen LogP contribution in [0.25, 0.3) is 6.08 Å². The third kappa shape index (κ3) is 5.49. The van der Waals surface area contributed by atoms with Crippen LogP contribution in [-0.4, -0.2) is 11.0 Å². The largest absolute Gasteiger partial charge is 0.508 e. The van der Waals surface area contributed by atoms with Crippen LogP contribution in [-0.2, 0) is 11.4 Å². The normalized spacial score (nSPS) is 10.9. The molecule has 0 saturated carbocycles. The van der Waals surface area contributed by atoms with Gasteiger partial charge in [0.2, 0.25) is 0 Å². The summed E-state index contributed by atoms with van der Waals surface area (Å²) in [5.74, 6) is 0.291. The molecule has 0 bridgehead atoms. The molecule has 0 fully saturated rings. The van der Waals surface area contributed by atoms with E-state index in [0.717, 1.165) is 5.56 Å². The van der Waals surface area contributed by atoms with Crippen LogP contribution < -0.4 is 10.1 Å². The maximum absolute atomic E-state index is 12.3. The number of phenolic OH excluding ortho intramolecular Hbond substituents is 1. The van der Waals surface area contributed by atoms with Crippen LogP contribution in [0.1, 0.15) is 22.3 Å². The number of rotatable bonds is 6. The van der Waals surface area contributed by atoms with Crippen molar-refractivity contribution in [3.05, 3.63) is 94.6 Å². The molecule has 3 rings (SSSR count). The summed E-state index contributed by atoms with van der Waals surface area (Å²) < 4.78 is 5.82. The lowest BCUT2D eigenvalue weighted by Gasteiger charge is -2.09. The molecule has 0 saturated heterocycles. The Kier molecular flexibility index (Phi) is 6.51. The number of nitrogens with one attached hydrogen (secondary N) is 1. The molecule has 0 aliphatic heterocycles. The first kappa shape index (κ1) is 20.7. The highest BCUT2D eigenvalue weighted by Crippen LogP contribution is 2.19. The lowest BCUT2D eigenvalue weighted by molar-refractivity contribution is -0.112. The first-order valence-corrected chi connectivity index (χ1v) is 9.46. The summed E-state index contributed by atoms with van der Waals surface area (Å²) in [4.78, 5) is 12.3. The number of carbonyl (C=O) groups is 1. The Bertz CT molecular complexity index is 1110. The zero-order chi connectivity index (χ0) is 21.5. The van der Waals surface area contributed by atoms with E-state index in [9.17, 15) is 15.2 Å². The van der Waals surface area contributed by atoms with E-state index >= 15 is 0 Å². The fourth-order valence-corrected chi connectivity index (χ4v) is 2.78. The highest BCUT2D eigenvalue weighted by molar-refractivity contribution is 6.09. The molecule has 0 unspecified atom stereocenters. The zero-order valence-electron chi connectivity index (χ0n) is 16.8. The second-order valence-corrected chi connectivity index (χ2v) is 6.95. The van der Waals surface area contributed by atoms with Gasteiger partial charge in [-0.25, -0.2) is 0 Å². The van der Waals surface area contributed by atoms with Gasteiger partial charge in [0.05, 0.1) is 0 Å². The summed E-state index contributed by atoms with van der Waals surface area (Å²) in [5.41, 5.74) is 4.76. The minimum atomic E-state index is -0.516. The first-order chi connectivity index (χ1) is 14.4. The Morgan fingerprint density at radius 3 is 2.37 bits per heavy atom. The predicted octanol–water partition coefficient (Wildman–Crippen LogP) is 5.13. The molecule has 0 aromatic heterocycles. The van der Waals surface area contributed by atoms with Crippen LogP contribution in [0.3, 0.4) is 0 Å². The van der Waals surface area contributed by atoms with Crippen molar-refractivity contribution in [3.8, 4) is 17.6 Å². The van der Waals surface area contributed by atoms with Gasteiger partial charge in [0.1, 0.15) is 29.7 Å². The van der Waals surface area contributed by atoms with Crippen molar-refractivity contribution < 1.29 is 14.6 Å². The van der Waals surface area contributed by atoms with Gasteiger partial charge in [0.25, 0.3) is 5.91 Å². The minimum absolute atomic E-state index is 0.0214. The topological polar surface area (TPSA) is 82.3 Å². The Labute approximate surface area is 175 Å². The van der Waals surface area contributed by atoms with Gasteiger partial charge >= 0.3 is 0 Å². The Hall–Kier alpha value is -4.04. The second kappa shape index (κ2) is 9.44. The SMILES string of the molecule is Cc1ccc(COc2ccc(/C=C(\C#N)C(=O)Nc3ccc(O)cc3)cc2)cc1C. The molecule has 5 nitrogen and oxygen atoms in total. The third-order valence-electron chi connectivity index (χ3n) is 4.66. The van der Waals surface area contributed by atoms with Crippen LogP contribution in [0.4, 0.5) is 5.69 Å². The molecule has 3 aromatic carbocycles. The Morgan fingerprint density at radius 2 is 1.73 bits per heavy atom. The second-order valence-electron chi connectivity index (χ2n) is 6.95. The lowest BCUT2D eigenvalue weighted by atomic mass is 10.1. The van der Waals surface area contributed by atoms with Crippen molar-refractivity contribution in [1.82, 2.24) is 0 Å². The lowest BCUT2D eigenvalue weighted by Crippen LogP contribution is -2.13. The average Bonchev–Trinajstić information content (AvgIpc) is 2.75. The van der Waals surface area contributed by atoms with Gasteiger partial charge in [-0.2, -0.15) is 5.26 Å². The highest BCUT2D eigenvalue weighted by atomic mass is 16.5. The highest BCUT2D eigenvalue weighted by Gasteiger charge is 2.09. The molecule has 2 N–H and O–H groups in total. The minimum Gasteiger partial charge on any atom is -0.508 e. The van der Waals surface area contributed by atoms with E-state index in [0.29, 0.717) is 23.6 Å². The number of nitrogens with zero attached hydrogens (tertiary/aromatic N) is 1. The molecule has 3 aromatic rings. The third-order valence-corrected chi connectivity index (χ3v) is 4.66. The average molecular weight is 398 g/mol. The van der Waals surface area contributed by atoms with Gasteiger partial charge in [0.15, 0.2) is 0 Å². The van der Waals surface area contributed by atoms with Gasteiger partial charge in [-0.3, -0.25) is 4.79 Å². The predicted molar refractivity (Wildman–Crippen MR) is 117 cm³/mol. The molecule has 0 heterocycles. The van der Waals surface area contributed by atoms with Crippen LogP contribution >= 0.6 is 0 Å². The fourth-order valence-electron chi connectivity index (χ4n) is 2.78. The first-order valence-electron chi connectivity index (χ1n) is 9.46. The summed E-state index contributed by atoms with van der Waals surface area (Å²) in [5, 5.41) is 21.3. The zero-order valence-corrected chi connectivity index (χ0v) is 16.8. The Morgan fingerprint density at radius 1 is 1.03 bits per heavy atom. The number of hydrogen-bond donors (Lipinski definition) is 2. The molecular weight excluding hydrogens is 376 g/mol. The summed E-state index contributed by atoms with van der Waals surface area (Å²) in [6.07, 6.45) is 1.52. The number of anilines is 1. The van der Waals surface area contributed by atoms with Gasteiger partial charge in [-0.05, 0) is 78.6 Å². The van der Waals surface area contributed by atoms with Crippen molar-refractivity contribution in [2.45, 2.75) is 20.5 Å². The van der Waals surface area contributed by atoms with Gasteiger partial charge in [0, 0.05) is 5.69 Å². The number of aryl methyl sites for hydroxylation is 2. The molecule has 0 aliphatic carbocycles. The molecule has 0 radical (unpaired) electrons. The number of phenols is 1. The molecule has 30 heavy (non-hydrogen) atoms. The van der Waals surface area contributed by atoms with Gasteiger partial charge in [-0.1, -0.05) is 30.3 Å². The quantitative estimate of drug-likeness (QED) is 0.342. The summed E-state index contributed by atoms with van der Waals surface area (Å²) in [6.45, 7) is 4.62. The summed E-state index contributed by atoms with van der Waals surface area (Å²) >= 11 is 0. The Balaban J connectivity index is 1.64.